The van der Waals surface area contributed by atoms with Gasteiger partial charge >= 0.3 is 0 Å². The number of carbonyl (C=O) groups excluding carboxylic acids is 2. The standard InChI is InChI=1S/C29H26FN3O2/c1-29(30)14-12-24(20-7-3-2-4-8-20)25(19-29)28(35)32-23-10-11-26-21(17-23)13-16-33(26)27(34)18-22-9-5-6-15-31-22/h2-12,14-15,17H,13,16,18-19H2,1H3,(H,32,35). The van der Waals surface area contributed by atoms with Gasteiger partial charge in [-0.25, -0.2) is 4.39 Å². The summed E-state index contributed by atoms with van der Waals surface area (Å²) in [6.07, 6.45) is 5.84. The summed E-state index contributed by atoms with van der Waals surface area (Å²) in [5.74, 6) is -0.328. The van der Waals surface area contributed by atoms with Gasteiger partial charge in [-0.3, -0.25) is 14.6 Å². The number of allylic oxidation sites excluding steroid dienone is 3. The van der Waals surface area contributed by atoms with Gasteiger partial charge < -0.3 is 10.2 Å². The van der Waals surface area contributed by atoms with Crippen molar-refractivity contribution in [3.8, 4) is 0 Å². The van der Waals surface area contributed by atoms with Crippen molar-refractivity contribution in [1.82, 2.24) is 4.98 Å². The van der Waals surface area contributed by atoms with E-state index in [1.54, 1.807) is 23.2 Å². The van der Waals surface area contributed by atoms with Crippen LogP contribution in [0.5, 0.6) is 0 Å². The van der Waals surface area contributed by atoms with Crippen LogP contribution in [0.4, 0.5) is 15.8 Å². The molecule has 0 spiro atoms. The van der Waals surface area contributed by atoms with Gasteiger partial charge in [-0.05, 0) is 66.5 Å². The molecule has 0 bridgehead atoms. The third-order valence-electron chi connectivity index (χ3n) is 6.40. The van der Waals surface area contributed by atoms with Gasteiger partial charge in [-0.2, -0.15) is 0 Å². The van der Waals surface area contributed by atoms with Crippen LogP contribution in [0.15, 0.2) is 90.7 Å². The van der Waals surface area contributed by atoms with Crippen LogP contribution in [-0.4, -0.2) is 29.0 Å². The highest BCUT2D eigenvalue weighted by Gasteiger charge is 2.31. The summed E-state index contributed by atoms with van der Waals surface area (Å²) < 4.78 is 14.8. The SMILES string of the molecule is CC1(F)C=CC(c2ccccc2)=C(C(=O)Nc2ccc3c(c2)CCN3C(=O)Cc2ccccn2)C1. The van der Waals surface area contributed by atoms with Crippen molar-refractivity contribution in [2.24, 2.45) is 0 Å². The lowest BCUT2D eigenvalue weighted by atomic mass is 9.85. The van der Waals surface area contributed by atoms with E-state index >= 15 is 0 Å². The van der Waals surface area contributed by atoms with Gasteiger partial charge in [0.15, 0.2) is 0 Å². The Labute approximate surface area is 204 Å². The zero-order valence-electron chi connectivity index (χ0n) is 19.5. The molecule has 1 unspecified atom stereocenters. The van der Waals surface area contributed by atoms with Crippen molar-refractivity contribution in [2.45, 2.75) is 31.9 Å². The van der Waals surface area contributed by atoms with Crippen LogP contribution in [0.2, 0.25) is 0 Å². The summed E-state index contributed by atoms with van der Waals surface area (Å²) in [4.78, 5) is 32.1. The van der Waals surface area contributed by atoms with Gasteiger partial charge in [0.05, 0.1) is 6.42 Å². The molecule has 1 N–H and O–H groups in total. The fourth-order valence-electron chi connectivity index (χ4n) is 4.65. The maximum atomic E-state index is 14.8. The van der Waals surface area contributed by atoms with Crippen molar-refractivity contribution in [3.05, 3.63) is 107 Å². The zero-order chi connectivity index (χ0) is 24.4. The lowest BCUT2D eigenvalue weighted by Gasteiger charge is -2.25. The molecule has 0 saturated heterocycles. The van der Waals surface area contributed by atoms with Crippen LogP contribution in [-0.2, 0) is 22.4 Å². The Kier molecular flexibility index (Phi) is 6.03. The number of anilines is 2. The van der Waals surface area contributed by atoms with Gasteiger partial charge in [0, 0.05) is 41.8 Å². The van der Waals surface area contributed by atoms with Crippen LogP contribution < -0.4 is 10.2 Å². The lowest BCUT2D eigenvalue weighted by molar-refractivity contribution is -0.118. The summed E-state index contributed by atoms with van der Waals surface area (Å²) >= 11 is 0. The summed E-state index contributed by atoms with van der Waals surface area (Å²) in [7, 11) is 0. The molecule has 1 atom stereocenters. The Bertz CT molecular complexity index is 1330. The quantitative estimate of drug-likeness (QED) is 0.554. The topological polar surface area (TPSA) is 62.3 Å². The van der Waals surface area contributed by atoms with Crippen LogP contribution in [0.1, 0.15) is 30.2 Å². The molecule has 0 radical (unpaired) electrons. The molecule has 0 saturated carbocycles. The van der Waals surface area contributed by atoms with Crippen molar-refractivity contribution < 1.29 is 14.0 Å². The highest BCUT2D eigenvalue weighted by atomic mass is 19.1. The van der Waals surface area contributed by atoms with E-state index in [-0.39, 0.29) is 24.7 Å². The molecule has 0 fully saturated rings. The minimum Gasteiger partial charge on any atom is -0.322 e. The first-order chi connectivity index (χ1) is 16.9. The number of fused-ring (bicyclic) bond motifs is 1. The zero-order valence-corrected chi connectivity index (χ0v) is 19.5. The second-order valence-corrected chi connectivity index (χ2v) is 9.14. The third kappa shape index (κ3) is 4.92. The number of halogens is 1. The van der Waals surface area contributed by atoms with E-state index in [0.717, 1.165) is 28.1 Å². The maximum Gasteiger partial charge on any atom is 0.252 e. The number of amides is 2. The second kappa shape index (κ2) is 9.29. The Hall–Kier alpha value is -4.06. The predicted octanol–water partition coefficient (Wildman–Crippen LogP) is 5.29. The van der Waals surface area contributed by atoms with E-state index in [1.165, 1.54) is 13.0 Å². The minimum atomic E-state index is -1.59. The molecular weight excluding hydrogens is 441 g/mol. The molecule has 2 amide bonds. The number of nitrogens with zero attached hydrogens (tertiary/aromatic N) is 2. The average Bonchev–Trinajstić information content (AvgIpc) is 3.28. The summed E-state index contributed by atoms with van der Waals surface area (Å²) in [5, 5.41) is 2.95. The van der Waals surface area contributed by atoms with E-state index < -0.39 is 5.67 Å². The Morgan fingerprint density at radius 3 is 2.66 bits per heavy atom. The van der Waals surface area contributed by atoms with E-state index in [1.807, 2.05) is 60.7 Å². The molecule has 5 rings (SSSR count). The van der Waals surface area contributed by atoms with Gasteiger partial charge in [-0.1, -0.05) is 42.5 Å². The molecule has 2 aromatic carbocycles. The van der Waals surface area contributed by atoms with E-state index in [2.05, 4.69) is 10.3 Å². The van der Waals surface area contributed by atoms with Crippen molar-refractivity contribution >= 4 is 28.8 Å². The second-order valence-electron chi connectivity index (χ2n) is 9.14. The number of pyridine rings is 1. The minimum absolute atomic E-state index is 0.000300. The number of alkyl halides is 1. The number of hydrogen-bond donors (Lipinski definition) is 1. The first kappa shape index (κ1) is 22.7. The van der Waals surface area contributed by atoms with Crippen molar-refractivity contribution in [1.29, 1.82) is 0 Å². The number of carbonyl (C=O) groups is 2. The number of rotatable bonds is 5. The summed E-state index contributed by atoms with van der Waals surface area (Å²) in [5.41, 5.74) is 3.64. The molecular formula is C29H26FN3O2. The van der Waals surface area contributed by atoms with Crippen molar-refractivity contribution in [3.63, 3.8) is 0 Å². The summed E-state index contributed by atoms with van der Waals surface area (Å²) in [6.45, 7) is 2.07. The molecule has 5 nitrogen and oxygen atoms in total. The number of nitrogens with one attached hydrogen (secondary N) is 1. The smallest absolute Gasteiger partial charge is 0.252 e. The van der Waals surface area contributed by atoms with Gasteiger partial charge in [0.25, 0.3) is 5.91 Å². The molecule has 176 valence electrons. The fraction of sp³-hybridized carbons (Fsp3) is 0.207. The van der Waals surface area contributed by atoms with E-state index in [0.29, 0.717) is 24.2 Å². The monoisotopic (exact) mass is 467 g/mol. The molecule has 6 heteroatoms. The maximum absolute atomic E-state index is 14.8. The molecule has 35 heavy (non-hydrogen) atoms. The largest absolute Gasteiger partial charge is 0.322 e. The van der Waals surface area contributed by atoms with Gasteiger partial charge in [-0.15, -0.1) is 0 Å². The Morgan fingerprint density at radius 2 is 1.89 bits per heavy atom. The molecule has 1 aromatic heterocycles. The number of benzene rings is 2. The fourth-order valence-corrected chi connectivity index (χ4v) is 4.65. The molecule has 1 aliphatic heterocycles. The summed E-state index contributed by atoms with van der Waals surface area (Å²) in [6, 6.07) is 20.6. The highest BCUT2D eigenvalue weighted by molar-refractivity contribution is 6.11. The van der Waals surface area contributed by atoms with Crippen LogP contribution >= 0.6 is 0 Å². The van der Waals surface area contributed by atoms with Gasteiger partial charge in [0.1, 0.15) is 5.67 Å². The third-order valence-corrected chi connectivity index (χ3v) is 6.40. The normalized spacial score (nSPS) is 19.0. The first-order valence-electron chi connectivity index (χ1n) is 11.7. The molecule has 2 heterocycles. The van der Waals surface area contributed by atoms with Crippen LogP contribution in [0, 0.1) is 0 Å². The predicted molar refractivity (Wildman–Crippen MR) is 136 cm³/mol. The Balaban J connectivity index is 1.35. The van der Waals surface area contributed by atoms with Crippen LogP contribution in [0.25, 0.3) is 5.57 Å². The van der Waals surface area contributed by atoms with E-state index in [4.69, 9.17) is 0 Å². The van der Waals surface area contributed by atoms with Crippen molar-refractivity contribution in [2.75, 3.05) is 16.8 Å². The number of aromatic nitrogens is 1. The molecule has 3 aromatic rings. The lowest BCUT2D eigenvalue weighted by Crippen LogP contribution is -2.30. The Morgan fingerprint density at radius 1 is 1.09 bits per heavy atom. The number of hydrogen-bond acceptors (Lipinski definition) is 3. The molecule has 2 aliphatic rings. The highest BCUT2D eigenvalue weighted by Crippen LogP contribution is 2.36. The van der Waals surface area contributed by atoms with Gasteiger partial charge in [0.2, 0.25) is 5.91 Å². The van der Waals surface area contributed by atoms with E-state index in [9.17, 15) is 14.0 Å². The molecule has 1 aliphatic carbocycles. The van der Waals surface area contributed by atoms with Crippen LogP contribution in [0.3, 0.4) is 0 Å². The average molecular weight is 468 g/mol. The first-order valence-corrected chi connectivity index (χ1v) is 11.7.